The average Bonchev–Trinajstić information content (AvgIpc) is 2.39. The van der Waals surface area contributed by atoms with Crippen LogP contribution in [0.1, 0.15) is 36.5 Å². The molecule has 0 aliphatic heterocycles. The van der Waals surface area contributed by atoms with Crippen molar-refractivity contribution in [2.45, 2.75) is 26.2 Å². The number of benzene rings is 1. The van der Waals surface area contributed by atoms with Crippen LogP contribution in [0, 0.1) is 5.92 Å². The number of anilines is 1. The summed E-state index contributed by atoms with van der Waals surface area (Å²) in [6.45, 7) is 2.51. The van der Waals surface area contributed by atoms with Gasteiger partial charge in [-0.25, -0.2) is 0 Å². The molecule has 1 rings (SSSR count). The monoisotopic (exact) mass is 342 g/mol. The molecule has 0 saturated carbocycles. The van der Waals surface area contributed by atoms with Gasteiger partial charge in [0.1, 0.15) is 0 Å². The van der Waals surface area contributed by atoms with Crippen LogP contribution in [0.25, 0.3) is 0 Å². The number of carbonyl (C=O) groups is 2. The van der Waals surface area contributed by atoms with E-state index in [2.05, 4.69) is 21.2 Å². The van der Waals surface area contributed by atoms with Crippen LogP contribution >= 0.6 is 15.9 Å². The largest absolute Gasteiger partial charge is 0.481 e. The molecule has 0 heterocycles. The van der Waals surface area contributed by atoms with Crippen LogP contribution in [0.4, 0.5) is 5.69 Å². The van der Waals surface area contributed by atoms with Crippen molar-refractivity contribution in [2.24, 2.45) is 5.92 Å². The normalized spacial score (nSPS) is 11.9. The number of halogens is 1. The van der Waals surface area contributed by atoms with Crippen molar-refractivity contribution in [3.63, 3.8) is 0 Å². The third-order valence-corrected chi connectivity index (χ3v) is 3.72. The Kier molecular flexibility index (Phi) is 6.51. The van der Waals surface area contributed by atoms with Crippen molar-refractivity contribution in [3.05, 3.63) is 28.2 Å². The molecule has 0 radical (unpaired) electrons. The second-order valence-electron chi connectivity index (χ2n) is 4.82. The molecule has 20 heavy (non-hydrogen) atoms. The van der Waals surface area contributed by atoms with Gasteiger partial charge >= 0.3 is 5.97 Å². The van der Waals surface area contributed by atoms with Crippen LogP contribution in [-0.2, 0) is 4.79 Å². The quantitative estimate of drug-likeness (QED) is 0.664. The number of nitrogen functional groups attached to an aromatic ring is 1. The van der Waals surface area contributed by atoms with E-state index in [1.807, 2.05) is 6.92 Å². The molecule has 4 N–H and O–H groups in total. The van der Waals surface area contributed by atoms with Gasteiger partial charge in [0, 0.05) is 28.7 Å². The fourth-order valence-electron chi connectivity index (χ4n) is 1.72. The second-order valence-corrected chi connectivity index (χ2v) is 5.67. The van der Waals surface area contributed by atoms with Crippen molar-refractivity contribution in [3.8, 4) is 0 Å². The third-order valence-electron chi connectivity index (χ3n) is 3.04. The Labute approximate surface area is 126 Å². The number of hydrogen-bond acceptors (Lipinski definition) is 3. The molecule has 0 saturated heterocycles. The Balaban J connectivity index is 2.36. The van der Waals surface area contributed by atoms with E-state index in [9.17, 15) is 9.59 Å². The first-order valence-corrected chi connectivity index (χ1v) is 7.24. The zero-order valence-electron chi connectivity index (χ0n) is 11.4. The summed E-state index contributed by atoms with van der Waals surface area (Å²) in [6.07, 6.45) is 1.55. The van der Waals surface area contributed by atoms with Crippen LogP contribution in [0.3, 0.4) is 0 Å². The maximum atomic E-state index is 11.9. The molecule has 0 bridgehead atoms. The molecule has 0 aliphatic carbocycles. The van der Waals surface area contributed by atoms with Gasteiger partial charge < -0.3 is 16.2 Å². The molecule has 0 spiro atoms. The maximum absolute atomic E-state index is 11.9. The highest BCUT2D eigenvalue weighted by Crippen LogP contribution is 2.20. The minimum atomic E-state index is -0.785. The number of carboxylic acids is 1. The van der Waals surface area contributed by atoms with E-state index in [1.165, 1.54) is 0 Å². The smallest absolute Gasteiger partial charge is 0.303 e. The topological polar surface area (TPSA) is 92.4 Å². The molecule has 1 aromatic rings. The summed E-state index contributed by atoms with van der Waals surface area (Å²) >= 11 is 3.28. The minimum Gasteiger partial charge on any atom is -0.481 e. The Morgan fingerprint density at radius 2 is 2.10 bits per heavy atom. The van der Waals surface area contributed by atoms with Gasteiger partial charge in [0.15, 0.2) is 0 Å². The predicted octanol–water partition coefficient (Wildman–Crippen LogP) is 2.65. The number of rotatable bonds is 7. The Morgan fingerprint density at radius 3 is 2.70 bits per heavy atom. The third kappa shape index (κ3) is 5.61. The minimum absolute atomic E-state index is 0.156. The summed E-state index contributed by atoms with van der Waals surface area (Å²) < 4.78 is 0.694. The zero-order valence-corrected chi connectivity index (χ0v) is 12.9. The lowest BCUT2D eigenvalue weighted by molar-refractivity contribution is -0.137. The molecule has 0 fully saturated rings. The second kappa shape index (κ2) is 7.89. The van der Waals surface area contributed by atoms with Gasteiger partial charge in [-0.3, -0.25) is 9.59 Å². The van der Waals surface area contributed by atoms with Crippen LogP contribution < -0.4 is 11.1 Å². The molecule has 1 amide bonds. The molecular weight excluding hydrogens is 324 g/mol. The van der Waals surface area contributed by atoms with Crippen LogP contribution in [0.2, 0.25) is 0 Å². The number of carbonyl (C=O) groups excluding carboxylic acids is 1. The number of carboxylic acid groups (broad SMARTS) is 1. The molecule has 6 heteroatoms. The fraction of sp³-hybridized carbons (Fsp3) is 0.429. The summed E-state index contributed by atoms with van der Waals surface area (Å²) in [5.41, 5.74) is 6.79. The highest BCUT2D eigenvalue weighted by Gasteiger charge is 2.09. The lowest BCUT2D eigenvalue weighted by Gasteiger charge is -2.11. The summed E-state index contributed by atoms with van der Waals surface area (Å²) in [5.74, 6) is -0.673. The first-order valence-electron chi connectivity index (χ1n) is 6.45. The molecule has 0 aliphatic rings. The number of amides is 1. The van der Waals surface area contributed by atoms with E-state index in [-0.39, 0.29) is 18.2 Å². The molecule has 1 unspecified atom stereocenters. The predicted molar refractivity (Wildman–Crippen MR) is 81.5 cm³/mol. The lowest BCUT2D eigenvalue weighted by atomic mass is 10.0. The average molecular weight is 343 g/mol. The van der Waals surface area contributed by atoms with Gasteiger partial charge in [-0.15, -0.1) is 0 Å². The van der Waals surface area contributed by atoms with E-state index < -0.39 is 5.97 Å². The first-order chi connectivity index (χ1) is 9.40. The number of nitrogens with one attached hydrogen (secondary N) is 1. The molecule has 1 aromatic carbocycles. The fourth-order valence-corrected chi connectivity index (χ4v) is 2.10. The summed E-state index contributed by atoms with van der Waals surface area (Å²) in [4.78, 5) is 22.3. The van der Waals surface area contributed by atoms with Crippen LogP contribution in [-0.4, -0.2) is 23.5 Å². The van der Waals surface area contributed by atoms with Gasteiger partial charge in [-0.05, 0) is 52.9 Å². The Bertz CT molecular complexity index is 491. The Morgan fingerprint density at radius 1 is 1.40 bits per heavy atom. The van der Waals surface area contributed by atoms with Crippen molar-refractivity contribution < 1.29 is 14.7 Å². The van der Waals surface area contributed by atoms with Gasteiger partial charge in [0.25, 0.3) is 5.91 Å². The van der Waals surface area contributed by atoms with Gasteiger partial charge in [0.05, 0.1) is 0 Å². The lowest BCUT2D eigenvalue weighted by Crippen LogP contribution is -2.25. The first kappa shape index (κ1) is 16.5. The van der Waals surface area contributed by atoms with Crippen molar-refractivity contribution >= 4 is 33.5 Å². The van der Waals surface area contributed by atoms with E-state index in [0.29, 0.717) is 28.7 Å². The van der Waals surface area contributed by atoms with Crippen molar-refractivity contribution in [2.75, 3.05) is 12.3 Å². The summed E-state index contributed by atoms with van der Waals surface area (Å²) in [7, 11) is 0. The molecule has 5 nitrogen and oxygen atoms in total. The van der Waals surface area contributed by atoms with E-state index >= 15 is 0 Å². The van der Waals surface area contributed by atoms with E-state index in [1.54, 1.807) is 18.2 Å². The molecular formula is C14H19BrN2O3. The van der Waals surface area contributed by atoms with E-state index in [4.69, 9.17) is 10.8 Å². The van der Waals surface area contributed by atoms with Gasteiger partial charge in [-0.1, -0.05) is 6.92 Å². The number of hydrogen-bond donors (Lipinski definition) is 3. The Hall–Kier alpha value is -1.56. The highest BCUT2D eigenvalue weighted by atomic mass is 79.9. The highest BCUT2D eigenvalue weighted by molar-refractivity contribution is 9.10. The van der Waals surface area contributed by atoms with E-state index in [0.717, 1.165) is 6.42 Å². The SMILES string of the molecule is CC(CCNC(=O)c1ccc(N)c(Br)c1)CCC(=O)O. The molecule has 110 valence electrons. The standard InChI is InChI=1S/C14H19BrN2O3/c1-9(2-5-13(18)19)6-7-17-14(20)10-3-4-12(16)11(15)8-10/h3-4,8-9H,2,5-7,16H2,1H3,(H,17,20)(H,18,19). The van der Waals surface area contributed by atoms with Gasteiger partial charge in [-0.2, -0.15) is 0 Å². The molecule has 0 aromatic heterocycles. The summed E-state index contributed by atoms with van der Waals surface area (Å²) in [5, 5.41) is 11.4. The summed E-state index contributed by atoms with van der Waals surface area (Å²) in [6, 6.07) is 5.02. The van der Waals surface area contributed by atoms with Crippen molar-refractivity contribution in [1.82, 2.24) is 5.32 Å². The zero-order chi connectivity index (χ0) is 15.1. The van der Waals surface area contributed by atoms with Gasteiger partial charge in [0.2, 0.25) is 0 Å². The maximum Gasteiger partial charge on any atom is 0.303 e. The van der Waals surface area contributed by atoms with Crippen molar-refractivity contribution in [1.29, 1.82) is 0 Å². The number of aliphatic carboxylic acids is 1. The molecule has 1 atom stereocenters. The van der Waals surface area contributed by atoms with Crippen LogP contribution in [0.15, 0.2) is 22.7 Å². The number of nitrogens with two attached hydrogens (primary N) is 1. The van der Waals surface area contributed by atoms with Crippen LogP contribution in [0.5, 0.6) is 0 Å².